The molecule has 2 aromatic carbocycles. The van der Waals surface area contributed by atoms with Gasteiger partial charge in [-0.05, 0) is 60.2 Å². The molecule has 0 aliphatic heterocycles. The standard InChI is InChI=1S/C25H26FNO3/c1-29-14-4-6-19-15-22(20-9-7-18(8-10-20)5-3-13-28)25(27-17-19)21-11-12-24(30-2)23(26)16-21/h7-13,15-17H,3-6,14H2,1-2H3. The largest absolute Gasteiger partial charge is 0.494 e. The van der Waals surface area contributed by atoms with Gasteiger partial charge in [0.2, 0.25) is 0 Å². The van der Waals surface area contributed by atoms with Gasteiger partial charge in [-0.3, -0.25) is 4.98 Å². The van der Waals surface area contributed by atoms with Gasteiger partial charge in [0.15, 0.2) is 11.6 Å². The lowest BCUT2D eigenvalue weighted by molar-refractivity contribution is -0.107. The first-order chi connectivity index (χ1) is 14.7. The van der Waals surface area contributed by atoms with Gasteiger partial charge in [-0.2, -0.15) is 0 Å². The zero-order chi connectivity index (χ0) is 21.3. The molecule has 1 aromatic heterocycles. The van der Waals surface area contributed by atoms with Crippen LogP contribution in [0, 0.1) is 5.82 Å². The highest BCUT2D eigenvalue weighted by molar-refractivity contribution is 5.81. The molecule has 0 spiro atoms. The molecule has 5 heteroatoms. The molecule has 0 fully saturated rings. The molecule has 0 aliphatic rings. The maximum atomic E-state index is 14.3. The highest BCUT2D eigenvalue weighted by atomic mass is 19.1. The Labute approximate surface area is 176 Å². The number of aromatic nitrogens is 1. The van der Waals surface area contributed by atoms with Crippen LogP contribution in [0.5, 0.6) is 5.75 Å². The van der Waals surface area contributed by atoms with E-state index in [1.54, 1.807) is 13.2 Å². The minimum atomic E-state index is -0.420. The van der Waals surface area contributed by atoms with Crippen LogP contribution in [-0.4, -0.2) is 32.1 Å². The molecule has 3 aromatic rings. The molecule has 30 heavy (non-hydrogen) atoms. The van der Waals surface area contributed by atoms with Crippen LogP contribution in [0.15, 0.2) is 54.7 Å². The Kier molecular flexibility index (Phi) is 7.69. The Morgan fingerprint density at radius 3 is 2.40 bits per heavy atom. The number of hydrogen-bond donors (Lipinski definition) is 0. The molecule has 156 valence electrons. The average molecular weight is 407 g/mol. The minimum absolute atomic E-state index is 0.205. The molecule has 0 unspecified atom stereocenters. The molecule has 0 amide bonds. The van der Waals surface area contributed by atoms with Crippen molar-refractivity contribution in [3.63, 3.8) is 0 Å². The number of hydrogen-bond acceptors (Lipinski definition) is 4. The predicted octanol–water partition coefficient (Wildman–Crippen LogP) is 5.27. The van der Waals surface area contributed by atoms with Crippen molar-refractivity contribution < 1.29 is 18.7 Å². The molecule has 4 nitrogen and oxygen atoms in total. The maximum absolute atomic E-state index is 14.3. The van der Waals surface area contributed by atoms with Crippen molar-refractivity contribution in [1.82, 2.24) is 4.98 Å². The first-order valence-corrected chi connectivity index (χ1v) is 10.0. The third kappa shape index (κ3) is 5.30. The van der Waals surface area contributed by atoms with Crippen LogP contribution in [0.1, 0.15) is 24.0 Å². The van der Waals surface area contributed by atoms with Gasteiger partial charge in [0.05, 0.1) is 12.8 Å². The Morgan fingerprint density at radius 2 is 1.73 bits per heavy atom. The van der Waals surface area contributed by atoms with E-state index in [0.717, 1.165) is 47.8 Å². The number of rotatable bonds is 10. The summed E-state index contributed by atoms with van der Waals surface area (Å²) in [6, 6.07) is 15.1. The quantitative estimate of drug-likeness (QED) is 0.339. The van der Waals surface area contributed by atoms with Crippen molar-refractivity contribution >= 4 is 6.29 Å². The number of nitrogens with zero attached hydrogens (tertiary/aromatic N) is 1. The van der Waals surface area contributed by atoms with Crippen molar-refractivity contribution in [3.8, 4) is 28.1 Å². The van der Waals surface area contributed by atoms with Gasteiger partial charge in [-0.1, -0.05) is 24.3 Å². The Bertz CT molecular complexity index is 986. The van der Waals surface area contributed by atoms with E-state index in [9.17, 15) is 9.18 Å². The topological polar surface area (TPSA) is 48.4 Å². The predicted molar refractivity (Wildman–Crippen MR) is 116 cm³/mol. The SMILES string of the molecule is COCCCc1cnc(-c2ccc(OC)c(F)c2)c(-c2ccc(CCC=O)cc2)c1. The fourth-order valence-corrected chi connectivity index (χ4v) is 3.41. The number of pyridine rings is 1. The summed E-state index contributed by atoms with van der Waals surface area (Å²) in [7, 11) is 3.14. The van der Waals surface area contributed by atoms with Crippen LogP contribution in [0.2, 0.25) is 0 Å². The molecule has 3 rings (SSSR count). The molecule has 0 aliphatic carbocycles. The van der Waals surface area contributed by atoms with Crippen molar-refractivity contribution in [2.24, 2.45) is 0 Å². The van der Waals surface area contributed by atoms with Gasteiger partial charge >= 0.3 is 0 Å². The third-order valence-corrected chi connectivity index (χ3v) is 5.00. The lowest BCUT2D eigenvalue weighted by atomic mass is 9.95. The number of benzene rings is 2. The van der Waals surface area contributed by atoms with Crippen molar-refractivity contribution in [2.75, 3.05) is 20.8 Å². The second-order valence-electron chi connectivity index (χ2n) is 7.09. The Morgan fingerprint density at radius 1 is 0.967 bits per heavy atom. The van der Waals surface area contributed by atoms with Gasteiger partial charge in [0.1, 0.15) is 6.29 Å². The van der Waals surface area contributed by atoms with Crippen LogP contribution >= 0.6 is 0 Å². The Balaban J connectivity index is 2.01. The van der Waals surface area contributed by atoms with Gasteiger partial charge < -0.3 is 14.3 Å². The van der Waals surface area contributed by atoms with E-state index in [2.05, 4.69) is 11.1 Å². The van der Waals surface area contributed by atoms with Crippen LogP contribution in [0.4, 0.5) is 4.39 Å². The fourth-order valence-electron chi connectivity index (χ4n) is 3.41. The van der Waals surface area contributed by atoms with Crippen molar-refractivity contribution in [1.29, 1.82) is 0 Å². The zero-order valence-corrected chi connectivity index (χ0v) is 17.4. The highest BCUT2D eigenvalue weighted by Crippen LogP contribution is 2.33. The molecule has 0 atom stereocenters. The summed E-state index contributed by atoms with van der Waals surface area (Å²) in [5.74, 6) is -0.216. The van der Waals surface area contributed by atoms with Crippen molar-refractivity contribution in [3.05, 3.63) is 71.7 Å². The summed E-state index contributed by atoms with van der Waals surface area (Å²) in [5.41, 5.74) is 5.55. The average Bonchev–Trinajstić information content (AvgIpc) is 2.78. The number of halogens is 1. The van der Waals surface area contributed by atoms with Gasteiger partial charge in [-0.25, -0.2) is 4.39 Å². The van der Waals surface area contributed by atoms with E-state index >= 15 is 0 Å². The molecule has 1 heterocycles. The van der Waals surface area contributed by atoms with Gasteiger partial charge in [0, 0.05) is 37.5 Å². The lowest BCUT2D eigenvalue weighted by Gasteiger charge is -2.13. The van der Waals surface area contributed by atoms with E-state index in [4.69, 9.17) is 9.47 Å². The number of aryl methyl sites for hydroxylation is 2. The first kappa shape index (κ1) is 21.7. The van der Waals surface area contributed by atoms with Crippen LogP contribution in [0.3, 0.4) is 0 Å². The molecule has 0 N–H and O–H groups in total. The first-order valence-electron chi connectivity index (χ1n) is 10.0. The summed E-state index contributed by atoms with van der Waals surface area (Å²) in [4.78, 5) is 15.3. The summed E-state index contributed by atoms with van der Waals surface area (Å²) in [5, 5.41) is 0. The summed E-state index contributed by atoms with van der Waals surface area (Å²) in [6.07, 6.45) is 5.75. The van der Waals surface area contributed by atoms with Crippen LogP contribution in [0.25, 0.3) is 22.4 Å². The molecular formula is C25H26FNO3. The molecular weight excluding hydrogens is 381 g/mol. The minimum Gasteiger partial charge on any atom is -0.494 e. The second kappa shape index (κ2) is 10.6. The molecule has 0 radical (unpaired) electrons. The van der Waals surface area contributed by atoms with Crippen molar-refractivity contribution in [2.45, 2.75) is 25.7 Å². The van der Waals surface area contributed by atoms with E-state index < -0.39 is 5.82 Å². The summed E-state index contributed by atoms with van der Waals surface area (Å²) in [6.45, 7) is 0.687. The van der Waals surface area contributed by atoms with E-state index in [0.29, 0.717) is 24.3 Å². The van der Waals surface area contributed by atoms with E-state index in [-0.39, 0.29) is 5.75 Å². The molecule has 0 saturated carbocycles. The number of carbonyl (C=O) groups excluding carboxylic acids is 1. The number of aldehydes is 1. The fraction of sp³-hybridized carbons (Fsp3) is 0.280. The monoisotopic (exact) mass is 407 g/mol. The number of carbonyl (C=O) groups is 1. The lowest BCUT2D eigenvalue weighted by Crippen LogP contribution is -1.97. The zero-order valence-electron chi connectivity index (χ0n) is 17.4. The Hall–Kier alpha value is -3.05. The summed E-state index contributed by atoms with van der Waals surface area (Å²) < 4.78 is 24.5. The smallest absolute Gasteiger partial charge is 0.165 e. The highest BCUT2D eigenvalue weighted by Gasteiger charge is 2.13. The third-order valence-electron chi connectivity index (χ3n) is 5.00. The van der Waals surface area contributed by atoms with E-state index in [1.807, 2.05) is 36.5 Å². The van der Waals surface area contributed by atoms with Gasteiger partial charge in [0.25, 0.3) is 0 Å². The van der Waals surface area contributed by atoms with Gasteiger partial charge in [-0.15, -0.1) is 0 Å². The summed E-state index contributed by atoms with van der Waals surface area (Å²) >= 11 is 0. The number of methoxy groups -OCH3 is 2. The molecule has 0 bridgehead atoms. The normalized spacial score (nSPS) is 10.8. The van der Waals surface area contributed by atoms with Crippen LogP contribution in [-0.2, 0) is 22.4 Å². The maximum Gasteiger partial charge on any atom is 0.165 e. The molecule has 0 saturated heterocycles. The van der Waals surface area contributed by atoms with E-state index in [1.165, 1.54) is 13.2 Å². The second-order valence-corrected chi connectivity index (χ2v) is 7.09. The van der Waals surface area contributed by atoms with Crippen LogP contribution < -0.4 is 4.74 Å². The number of ether oxygens (including phenoxy) is 2.